The number of thiophene rings is 1. The summed E-state index contributed by atoms with van der Waals surface area (Å²) < 4.78 is 0.790. The van der Waals surface area contributed by atoms with Crippen LogP contribution in [0.4, 0.5) is 0 Å². The van der Waals surface area contributed by atoms with Crippen LogP contribution < -0.4 is 0 Å². The second-order valence-electron chi connectivity index (χ2n) is 6.42. The average molecular weight is 325 g/mol. The van der Waals surface area contributed by atoms with E-state index in [9.17, 15) is 5.11 Å². The van der Waals surface area contributed by atoms with Gasteiger partial charge < -0.3 is 5.11 Å². The lowest BCUT2D eigenvalue weighted by molar-refractivity contribution is 0.345. The molecule has 5 heteroatoms. The zero-order chi connectivity index (χ0) is 15.8. The standard InChI is InChI=1S/C18H19N3OS/c1-11-5-4-6-12(9-11)13-10-23-16-15(13)20-17(21-18(16)22)14-7-2-3-8-19-14/h2-3,7-8,10-12H,4-6,9H2,1H3,(H,20,21,22). The molecule has 1 aliphatic rings. The van der Waals surface area contributed by atoms with Gasteiger partial charge >= 0.3 is 0 Å². The molecule has 118 valence electrons. The van der Waals surface area contributed by atoms with Crippen molar-refractivity contribution in [2.75, 3.05) is 0 Å². The molecule has 2 atom stereocenters. The van der Waals surface area contributed by atoms with Gasteiger partial charge in [-0.1, -0.05) is 25.8 Å². The van der Waals surface area contributed by atoms with Gasteiger partial charge in [0.15, 0.2) is 5.82 Å². The van der Waals surface area contributed by atoms with Crippen LogP contribution in [-0.2, 0) is 0 Å². The summed E-state index contributed by atoms with van der Waals surface area (Å²) in [5.41, 5.74) is 2.87. The number of nitrogens with zero attached hydrogens (tertiary/aromatic N) is 3. The third-order valence-electron chi connectivity index (χ3n) is 4.70. The van der Waals surface area contributed by atoms with Crippen molar-refractivity contribution in [1.82, 2.24) is 15.0 Å². The molecule has 1 fully saturated rings. The number of hydrogen-bond donors (Lipinski definition) is 1. The van der Waals surface area contributed by atoms with Crippen LogP contribution in [-0.4, -0.2) is 20.1 Å². The summed E-state index contributed by atoms with van der Waals surface area (Å²) in [4.78, 5) is 13.3. The van der Waals surface area contributed by atoms with Crippen LogP contribution in [0.5, 0.6) is 5.88 Å². The highest BCUT2D eigenvalue weighted by atomic mass is 32.1. The molecular formula is C18H19N3OS. The molecule has 0 radical (unpaired) electrons. The summed E-state index contributed by atoms with van der Waals surface area (Å²) in [5.74, 6) is 1.86. The van der Waals surface area contributed by atoms with E-state index in [0.717, 1.165) is 16.1 Å². The lowest BCUT2D eigenvalue weighted by atomic mass is 9.79. The highest BCUT2D eigenvalue weighted by Gasteiger charge is 2.25. The topological polar surface area (TPSA) is 58.9 Å². The van der Waals surface area contributed by atoms with Gasteiger partial charge in [-0.05, 0) is 47.8 Å². The van der Waals surface area contributed by atoms with Crippen molar-refractivity contribution >= 4 is 21.6 Å². The minimum atomic E-state index is 0.0655. The van der Waals surface area contributed by atoms with Gasteiger partial charge in [0.1, 0.15) is 10.4 Å². The molecule has 0 aromatic carbocycles. The molecule has 2 unspecified atom stereocenters. The largest absolute Gasteiger partial charge is 0.492 e. The van der Waals surface area contributed by atoms with Gasteiger partial charge in [-0.15, -0.1) is 11.3 Å². The van der Waals surface area contributed by atoms with E-state index in [2.05, 4.69) is 22.3 Å². The van der Waals surface area contributed by atoms with Crippen LogP contribution in [0, 0.1) is 5.92 Å². The molecule has 0 spiro atoms. The Bertz CT molecular complexity index is 831. The Labute approximate surface area is 139 Å². The van der Waals surface area contributed by atoms with E-state index < -0.39 is 0 Å². The fourth-order valence-corrected chi connectivity index (χ4v) is 4.51. The highest BCUT2D eigenvalue weighted by Crippen LogP contribution is 2.42. The van der Waals surface area contributed by atoms with Crippen molar-refractivity contribution in [1.29, 1.82) is 0 Å². The maximum Gasteiger partial charge on any atom is 0.233 e. The summed E-state index contributed by atoms with van der Waals surface area (Å²) in [5, 5.41) is 12.5. The maximum atomic E-state index is 10.3. The summed E-state index contributed by atoms with van der Waals surface area (Å²) in [6.07, 6.45) is 6.72. The van der Waals surface area contributed by atoms with Crippen molar-refractivity contribution in [2.45, 2.75) is 38.5 Å². The van der Waals surface area contributed by atoms with Gasteiger partial charge in [-0.2, -0.15) is 4.98 Å². The molecule has 0 aliphatic heterocycles. The Hall–Kier alpha value is -2.01. The van der Waals surface area contributed by atoms with Crippen LogP contribution in [0.3, 0.4) is 0 Å². The van der Waals surface area contributed by atoms with Gasteiger partial charge in [0.2, 0.25) is 5.88 Å². The van der Waals surface area contributed by atoms with E-state index >= 15 is 0 Å². The first-order valence-electron chi connectivity index (χ1n) is 8.12. The molecule has 4 rings (SSSR count). The molecule has 3 aromatic heterocycles. The monoisotopic (exact) mass is 325 g/mol. The normalized spacial score (nSPS) is 21.6. The van der Waals surface area contributed by atoms with E-state index in [1.54, 1.807) is 17.5 Å². The molecule has 1 saturated carbocycles. The lowest BCUT2D eigenvalue weighted by Gasteiger charge is -2.26. The number of rotatable bonds is 2. The van der Waals surface area contributed by atoms with Crippen LogP contribution >= 0.6 is 11.3 Å². The minimum absolute atomic E-state index is 0.0655. The summed E-state index contributed by atoms with van der Waals surface area (Å²) in [7, 11) is 0. The molecule has 1 aliphatic carbocycles. The molecule has 1 N–H and O–H groups in total. The Kier molecular flexibility index (Phi) is 3.73. The van der Waals surface area contributed by atoms with Crippen molar-refractivity contribution in [3.63, 3.8) is 0 Å². The second kappa shape index (κ2) is 5.89. The number of aromatic hydroxyl groups is 1. The second-order valence-corrected chi connectivity index (χ2v) is 7.30. The molecule has 3 heterocycles. The molecule has 23 heavy (non-hydrogen) atoms. The molecule has 3 aromatic rings. The smallest absolute Gasteiger partial charge is 0.233 e. The van der Waals surface area contributed by atoms with Crippen LogP contribution in [0.25, 0.3) is 21.7 Å². The lowest BCUT2D eigenvalue weighted by Crippen LogP contribution is -2.11. The van der Waals surface area contributed by atoms with Crippen molar-refractivity contribution < 1.29 is 5.11 Å². The molecular weight excluding hydrogens is 306 g/mol. The van der Waals surface area contributed by atoms with Crippen LogP contribution in [0.15, 0.2) is 29.8 Å². The van der Waals surface area contributed by atoms with E-state index in [4.69, 9.17) is 4.98 Å². The van der Waals surface area contributed by atoms with E-state index in [0.29, 0.717) is 17.4 Å². The molecule has 0 saturated heterocycles. The maximum absolute atomic E-state index is 10.3. The van der Waals surface area contributed by atoms with Crippen molar-refractivity contribution in [3.8, 4) is 17.4 Å². The first-order valence-corrected chi connectivity index (χ1v) is 9.00. The first kappa shape index (κ1) is 14.6. The Morgan fingerprint density at radius 3 is 2.91 bits per heavy atom. The Balaban J connectivity index is 1.82. The number of fused-ring (bicyclic) bond motifs is 1. The number of hydrogen-bond acceptors (Lipinski definition) is 5. The number of pyridine rings is 1. The van der Waals surface area contributed by atoms with Crippen LogP contribution in [0.1, 0.15) is 44.1 Å². The van der Waals surface area contributed by atoms with E-state index in [1.807, 2.05) is 18.2 Å². The highest BCUT2D eigenvalue weighted by molar-refractivity contribution is 7.17. The average Bonchev–Trinajstić information content (AvgIpc) is 3.00. The fraction of sp³-hybridized carbons (Fsp3) is 0.389. The van der Waals surface area contributed by atoms with Gasteiger partial charge in [-0.25, -0.2) is 4.98 Å². The van der Waals surface area contributed by atoms with Gasteiger partial charge in [0.05, 0.1) is 5.52 Å². The summed E-state index contributed by atoms with van der Waals surface area (Å²) in [6, 6.07) is 5.64. The third kappa shape index (κ3) is 2.70. The van der Waals surface area contributed by atoms with Crippen molar-refractivity contribution in [2.24, 2.45) is 5.92 Å². The fourth-order valence-electron chi connectivity index (χ4n) is 3.54. The van der Waals surface area contributed by atoms with E-state index in [1.165, 1.54) is 31.2 Å². The Morgan fingerprint density at radius 1 is 1.22 bits per heavy atom. The first-order chi connectivity index (χ1) is 11.2. The van der Waals surface area contributed by atoms with Crippen molar-refractivity contribution in [3.05, 3.63) is 35.3 Å². The van der Waals surface area contributed by atoms with Gasteiger partial charge in [-0.3, -0.25) is 4.98 Å². The number of aromatic nitrogens is 3. The van der Waals surface area contributed by atoms with Gasteiger partial charge in [0, 0.05) is 6.20 Å². The zero-order valence-corrected chi connectivity index (χ0v) is 13.9. The predicted octanol–water partition coefficient (Wildman–Crippen LogP) is 4.75. The summed E-state index contributed by atoms with van der Waals surface area (Å²) >= 11 is 1.54. The predicted molar refractivity (Wildman–Crippen MR) is 92.7 cm³/mol. The molecule has 0 amide bonds. The quantitative estimate of drug-likeness (QED) is 0.738. The Morgan fingerprint density at radius 2 is 2.13 bits per heavy atom. The summed E-state index contributed by atoms with van der Waals surface area (Å²) in [6.45, 7) is 2.33. The van der Waals surface area contributed by atoms with E-state index in [-0.39, 0.29) is 5.88 Å². The molecule has 4 nitrogen and oxygen atoms in total. The van der Waals surface area contributed by atoms with Gasteiger partial charge in [0.25, 0.3) is 0 Å². The SMILES string of the molecule is CC1CCCC(c2csc3c(O)nc(-c4ccccn4)nc23)C1. The van der Waals surface area contributed by atoms with Crippen LogP contribution in [0.2, 0.25) is 0 Å². The third-order valence-corrected chi connectivity index (χ3v) is 5.68. The molecule has 0 bridgehead atoms. The minimum Gasteiger partial charge on any atom is -0.492 e. The zero-order valence-electron chi connectivity index (χ0n) is 13.1.